The van der Waals surface area contributed by atoms with Crippen molar-refractivity contribution in [3.63, 3.8) is 0 Å². The summed E-state index contributed by atoms with van der Waals surface area (Å²) in [5.41, 5.74) is 7.81. The van der Waals surface area contributed by atoms with Crippen LogP contribution in [-0.2, 0) is 0 Å². The molecule has 7 heteroatoms. The van der Waals surface area contributed by atoms with Gasteiger partial charge in [0.25, 0.3) is 5.69 Å². The van der Waals surface area contributed by atoms with Gasteiger partial charge in [0.2, 0.25) is 5.95 Å². The Morgan fingerprint density at radius 2 is 2.00 bits per heavy atom. The molecule has 0 saturated carbocycles. The van der Waals surface area contributed by atoms with E-state index in [1.54, 1.807) is 12.1 Å². The van der Waals surface area contributed by atoms with Gasteiger partial charge in [-0.15, -0.1) is 0 Å². The molecule has 2 aromatic rings. The first-order valence-corrected chi connectivity index (χ1v) is 6.14. The number of nitrogens with two attached hydrogens (primary N) is 1. The normalized spacial score (nSPS) is 10.3. The number of rotatable bonds is 5. The van der Waals surface area contributed by atoms with Crippen LogP contribution in [0.5, 0.6) is 0 Å². The maximum atomic E-state index is 10.6. The Kier molecular flexibility index (Phi) is 4.21. The zero-order chi connectivity index (χ0) is 14.5. The Balaban J connectivity index is 2.31. The van der Waals surface area contributed by atoms with Crippen LogP contribution in [0.15, 0.2) is 30.3 Å². The summed E-state index contributed by atoms with van der Waals surface area (Å²) in [5, 5.41) is 13.7. The first kappa shape index (κ1) is 13.9. The number of aromatic nitrogens is 2. The molecule has 0 aliphatic rings. The SMILES string of the molecule is Cc1cc(-c2ccc([N+](=O)[O-])cc2)nc(NCCN)n1. The second kappa shape index (κ2) is 6.07. The number of benzene rings is 1. The van der Waals surface area contributed by atoms with Crippen molar-refractivity contribution in [1.29, 1.82) is 0 Å². The van der Waals surface area contributed by atoms with Gasteiger partial charge in [-0.2, -0.15) is 0 Å². The van der Waals surface area contributed by atoms with Gasteiger partial charge in [-0.1, -0.05) is 0 Å². The molecule has 0 fully saturated rings. The molecule has 1 aromatic carbocycles. The molecule has 0 aliphatic carbocycles. The van der Waals surface area contributed by atoms with E-state index in [9.17, 15) is 10.1 Å². The molecule has 0 radical (unpaired) electrons. The van der Waals surface area contributed by atoms with Gasteiger partial charge >= 0.3 is 0 Å². The molecule has 0 unspecified atom stereocenters. The number of hydrogen-bond donors (Lipinski definition) is 2. The highest BCUT2D eigenvalue weighted by Gasteiger charge is 2.08. The second-order valence-electron chi connectivity index (χ2n) is 4.24. The van der Waals surface area contributed by atoms with Gasteiger partial charge in [0, 0.05) is 36.5 Å². The molecule has 2 rings (SSSR count). The minimum absolute atomic E-state index is 0.0565. The monoisotopic (exact) mass is 273 g/mol. The predicted octanol–water partition coefficient (Wildman–Crippen LogP) is 1.73. The fraction of sp³-hybridized carbons (Fsp3) is 0.231. The minimum atomic E-state index is -0.427. The lowest BCUT2D eigenvalue weighted by Gasteiger charge is -2.07. The zero-order valence-corrected chi connectivity index (χ0v) is 11.0. The highest BCUT2D eigenvalue weighted by Crippen LogP contribution is 2.22. The van der Waals surface area contributed by atoms with Gasteiger partial charge in [-0.3, -0.25) is 10.1 Å². The highest BCUT2D eigenvalue weighted by molar-refractivity contribution is 5.62. The van der Waals surface area contributed by atoms with Crippen molar-refractivity contribution in [1.82, 2.24) is 9.97 Å². The third kappa shape index (κ3) is 3.27. The van der Waals surface area contributed by atoms with Crippen LogP contribution in [0, 0.1) is 17.0 Å². The van der Waals surface area contributed by atoms with Crippen LogP contribution in [0.4, 0.5) is 11.6 Å². The maximum Gasteiger partial charge on any atom is 0.269 e. The van der Waals surface area contributed by atoms with E-state index in [1.807, 2.05) is 13.0 Å². The predicted molar refractivity (Wildman–Crippen MR) is 76.4 cm³/mol. The van der Waals surface area contributed by atoms with Gasteiger partial charge in [0.15, 0.2) is 0 Å². The van der Waals surface area contributed by atoms with E-state index in [1.165, 1.54) is 12.1 Å². The number of nitrogens with zero attached hydrogens (tertiary/aromatic N) is 3. The molecule has 0 amide bonds. The quantitative estimate of drug-likeness (QED) is 0.634. The minimum Gasteiger partial charge on any atom is -0.353 e. The Bertz CT molecular complexity index is 613. The summed E-state index contributed by atoms with van der Waals surface area (Å²) in [6, 6.07) is 8.09. The Hall–Kier alpha value is -2.54. The largest absolute Gasteiger partial charge is 0.353 e. The molecule has 1 aromatic heterocycles. The van der Waals surface area contributed by atoms with E-state index >= 15 is 0 Å². The standard InChI is InChI=1S/C13H15N5O2/c1-9-8-12(17-13(16-9)15-7-6-14)10-2-4-11(5-3-10)18(19)20/h2-5,8H,6-7,14H2,1H3,(H,15,16,17). The number of hydrogen-bond acceptors (Lipinski definition) is 6. The molecule has 0 atom stereocenters. The molecule has 20 heavy (non-hydrogen) atoms. The lowest BCUT2D eigenvalue weighted by atomic mass is 10.1. The van der Waals surface area contributed by atoms with Crippen LogP contribution in [0.25, 0.3) is 11.3 Å². The number of nitro groups is 1. The van der Waals surface area contributed by atoms with Crippen LogP contribution in [-0.4, -0.2) is 28.0 Å². The van der Waals surface area contributed by atoms with E-state index in [-0.39, 0.29) is 5.69 Å². The summed E-state index contributed by atoms with van der Waals surface area (Å²) in [6.45, 7) is 2.94. The number of nitrogens with one attached hydrogen (secondary N) is 1. The zero-order valence-electron chi connectivity index (χ0n) is 11.0. The Morgan fingerprint density at radius 3 is 2.60 bits per heavy atom. The van der Waals surface area contributed by atoms with Crippen LogP contribution in [0.2, 0.25) is 0 Å². The first-order chi connectivity index (χ1) is 9.60. The topological polar surface area (TPSA) is 107 Å². The molecule has 0 saturated heterocycles. The van der Waals surface area contributed by atoms with E-state index in [4.69, 9.17) is 5.73 Å². The number of anilines is 1. The van der Waals surface area contributed by atoms with E-state index in [2.05, 4.69) is 15.3 Å². The summed E-state index contributed by atoms with van der Waals surface area (Å²) in [4.78, 5) is 18.8. The van der Waals surface area contributed by atoms with Crippen molar-refractivity contribution in [2.75, 3.05) is 18.4 Å². The molecular weight excluding hydrogens is 258 g/mol. The lowest BCUT2D eigenvalue weighted by Crippen LogP contribution is -2.15. The van der Waals surface area contributed by atoms with Gasteiger partial charge in [0.05, 0.1) is 10.6 Å². The lowest BCUT2D eigenvalue weighted by molar-refractivity contribution is -0.384. The van der Waals surface area contributed by atoms with Crippen LogP contribution in [0.3, 0.4) is 0 Å². The van der Waals surface area contributed by atoms with Crippen LogP contribution < -0.4 is 11.1 Å². The summed E-state index contributed by atoms with van der Waals surface area (Å²) in [7, 11) is 0. The first-order valence-electron chi connectivity index (χ1n) is 6.14. The molecule has 0 aliphatic heterocycles. The smallest absolute Gasteiger partial charge is 0.269 e. The van der Waals surface area contributed by atoms with Crippen LogP contribution in [0.1, 0.15) is 5.69 Å². The Labute approximate surface area is 116 Å². The maximum absolute atomic E-state index is 10.6. The van der Waals surface area contributed by atoms with E-state index in [0.29, 0.717) is 24.7 Å². The van der Waals surface area contributed by atoms with Crippen molar-refractivity contribution in [3.05, 3.63) is 46.1 Å². The summed E-state index contributed by atoms with van der Waals surface area (Å²) in [6.07, 6.45) is 0. The molecule has 1 heterocycles. The van der Waals surface area contributed by atoms with Crippen molar-refractivity contribution >= 4 is 11.6 Å². The average molecular weight is 273 g/mol. The highest BCUT2D eigenvalue weighted by atomic mass is 16.6. The van der Waals surface area contributed by atoms with Gasteiger partial charge < -0.3 is 11.1 Å². The molecule has 3 N–H and O–H groups in total. The van der Waals surface area contributed by atoms with Gasteiger partial charge in [-0.25, -0.2) is 9.97 Å². The van der Waals surface area contributed by atoms with Crippen LogP contribution >= 0.6 is 0 Å². The summed E-state index contributed by atoms with van der Waals surface area (Å²) < 4.78 is 0. The summed E-state index contributed by atoms with van der Waals surface area (Å²) in [5.74, 6) is 0.504. The summed E-state index contributed by atoms with van der Waals surface area (Å²) >= 11 is 0. The van der Waals surface area contributed by atoms with Crippen molar-refractivity contribution < 1.29 is 4.92 Å². The molecule has 104 valence electrons. The second-order valence-corrected chi connectivity index (χ2v) is 4.24. The molecule has 7 nitrogen and oxygen atoms in total. The van der Waals surface area contributed by atoms with Crippen molar-refractivity contribution in [2.45, 2.75) is 6.92 Å². The average Bonchev–Trinajstić information content (AvgIpc) is 2.44. The Morgan fingerprint density at radius 1 is 1.30 bits per heavy atom. The number of nitro benzene ring substituents is 1. The van der Waals surface area contributed by atoms with Gasteiger partial charge in [0.1, 0.15) is 0 Å². The third-order valence-corrected chi connectivity index (χ3v) is 2.66. The molecule has 0 bridgehead atoms. The van der Waals surface area contributed by atoms with E-state index in [0.717, 1.165) is 11.3 Å². The third-order valence-electron chi connectivity index (χ3n) is 2.66. The van der Waals surface area contributed by atoms with Crippen molar-refractivity contribution in [2.24, 2.45) is 5.73 Å². The number of aryl methyl sites for hydroxylation is 1. The fourth-order valence-electron chi connectivity index (χ4n) is 1.73. The molecule has 0 spiro atoms. The fourth-order valence-corrected chi connectivity index (χ4v) is 1.73. The van der Waals surface area contributed by atoms with Gasteiger partial charge in [-0.05, 0) is 25.1 Å². The number of non-ortho nitro benzene ring substituents is 1. The van der Waals surface area contributed by atoms with E-state index < -0.39 is 4.92 Å². The van der Waals surface area contributed by atoms with Crippen molar-refractivity contribution in [3.8, 4) is 11.3 Å². The molecular formula is C13H15N5O2.